The molecule has 3 aliphatic rings. The number of hydrogen-bond acceptors (Lipinski definition) is 4. The largest absolute Gasteiger partial charge is 0.241 e. The number of rotatable bonds is 2. The summed E-state index contributed by atoms with van der Waals surface area (Å²) < 4.78 is 0. The molecule has 0 N–H and O–H groups in total. The van der Waals surface area contributed by atoms with E-state index in [4.69, 9.17) is 11.6 Å². The molecule has 0 radical (unpaired) electrons. The summed E-state index contributed by atoms with van der Waals surface area (Å²) in [7, 11) is 0. The van der Waals surface area contributed by atoms with Gasteiger partial charge in [-0.2, -0.15) is 0 Å². The third kappa shape index (κ3) is 1.18. The van der Waals surface area contributed by atoms with Crippen molar-refractivity contribution in [3.05, 3.63) is 16.5 Å². The van der Waals surface area contributed by atoms with Gasteiger partial charge in [0.15, 0.2) is 0 Å². The van der Waals surface area contributed by atoms with Crippen LogP contribution in [0.4, 0.5) is 0 Å². The third-order valence-electron chi connectivity index (χ3n) is 4.97. The van der Waals surface area contributed by atoms with E-state index in [0.29, 0.717) is 10.7 Å². The van der Waals surface area contributed by atoms with Gasteiger partial charge in [-0.1, -0.05) is 13.8 Å². The van der Waals surface area contributed by atoms with Gasteiger partial charge in [0, 0.05) is 5.41 Å². The molecular weight excluding hydrogens is 266 g/mol. The van der Waals surface area contributed by atoms with Crippen molar-refractivity contribution >= 4 is 33.3 Å². The summed E-state index contributed by atoms with van der Waals surface area (Å²) in [5.74, 6) is 0.766. The van der Waals surface area contributed by atoms with Crippen molar-refractivity contribution in [3.63, 3.8) is 0 Å². The Kier molecular flexibility index (Phi) is 1.99. The number of thiazole rings is 1. The molecule has 94 valence electrons. The van der Waals surface area contributed by atoms with E-state index in [1.54, 1.807) is 11.3 Å². The van der Waals surface area contributed by atoms with Crippen molar-refractivity contribution in [2.45, 2.75) is 38.5 Å². The van der Waals surface area contributed by atoms with Crippen LogP contribution in [0.2, 0.25) is 5.28 Å². The fraction of sp³-hybridized carbons (Fsp3) is 0.615. The lowest BCUT2D eigenvalue weighted by molar-refractivity contribution is -0.173. The predicted molar refractivity (Wildman–Crippen MR) is 73.0 cm³/mol. The summed E-state index contributed by atoms with van der Waals surface area (Å²) in [5, 5.41) is 0.366. The van der Waals surface area contributed by atoms with Gasteiger partial charge < -0.3 is 0 Å². The molecule has 3 nitrogen and oxygen atoms in total. The maximum atomic E-state index is 6.04. The Balaban J connectivity index is 1.80. The minimum absolute atomic E-state index is 0.253. The van der Waals surface area contributed by atoms with Gasteiger partial charge in [-0.3, -0.25) is 0 Å². The second-order valence-electron chi connectivity index (χ2n) is 6.18. The highest BCUT2D eigenvalue weighted by Gasteiger charge is 2.70. The Morgan fingerprint density at radius 1 is 1.28 bits per heavy atom. The molecule has 3 fully saturated rings. The molecule has 3 aliphatic carbocycles. The SMILES string of the molecule is CC(C)C12CC(c3nc(Cl)nc4scnc34)(C1)C2. The Morgan fingerprint density at radius 2 is 2.00 bits per heavy atom. The molecule has 0 aromatic carbocycles. The van der Waals surface area contributed by atoms with Crippen molar-refractivity contribution in [2.75, 3.05) is 0 Å². The van der Waals surface area contributed by atoms with E-state index in [0.717, 1.165) is 22.0 Å². The minimum Gasteiger partial charge on any atom is -0.241 e. The van der Waals surface area contributed by atoms with E-state index < -0.39 is 0 Å². The molecule has 0 spiro atoms. The van der Waals surface area contributed by atoms with Crippen LogP contribution in [0.1, 0.15) is 38.8 Å². The molecule has 0 atom stereocenters. The van der Waals surface area contributed by atoms with E-state index in [1.807, 2.05) is 5.51 Å². The van der Waals surface area contributed by atoms with Gasteiger partial charge in [0.1, 0.15) is 10.3 Å². The molecule has 0 saturated heterocycles. The number of aromatic nitrogens is 3. The number of halogens is 1. The Bertz CT molecular complexity index is 629. The normalized spacial score (nSPS) is 33.6. The van der Waals surface area contributed by atoms with Gasteiger partial charge in [0.05, 0.1) is 11.2 Å². The van der Waals surface area contributed by atoms with Crippen molar-refractivity contribution in [1.29, 1.82) is 0 Å². The average Bonchev–Trinajstić information content (AvgIpc) is 2.59. The van der Waals surface area contributed by atoms with Gasteiger partial charge in [0.2, 0.25) is 5.28 Å². The van der Waals surface area contributed by atoms with Gasteiger partial charge >= 0.3 is 0 Å². The van der Waals surface area contributed by atoms with E-state index >= 15 is 0 Å². The topological polar surface area (TPSA) is 38.7 Å². The highest BCUT2D eigenvalue weighted by atomic mass is 35.5. The summed E-state index contributed by atoms with van der Waals surface area (Å²) in [4.78, 5) is 14.1. The molecule has 5 rings (SSSR count). The van der Waals surface area contributed by atoms with Gasteiger partial charge in [0.25, 0.3) is 0 Å². The second-order valence-corrected chi connectivity index (χ2v) is 7.35. The monoisotopic (exact) mass is 279 g/mol. The van der Waals surface area contributed by atoms with Gasteiger partial charge in [-0.25, -0.2) is 15.0 Å². The zero-order valence-corrected chi connectivity index (χ0v) is 12.0. The number of hydrogen-bond donors (Lipinski definition) is 0. The molecule has 2 aromatic rings. The number of fused-ring (bicyclic) bond motifs is 1. The maximum absolute atomic E-state index is 6.04. The molecule has 2 aromatic heterocycles. The Labute approximate surface area is 115 Å². The lowest BCUT2D eigenvalue weighted by atomic mass is 9.31. The fourth-order valence-electron chi connectivity index (χ4n) is 3.84. The summed E-state index contributed by atoms with van der Waals surface area (Å²) in [5.41, 5.74) is 4.73. The van der Waals surface area contributed by atoms with E-state index in [-0.39, 0.29) is 5.41 Å². The molecule has 2 heterocycles. The number of nitrogens with zero attached hydrogens (tertiary/aromatic N) is 3. The fourth-order valence-corrected chi connectivity index (χ4v) is 4.71. The van der Waals surface area contributed by atoms with Crippen LogP contribution < -0.4 is 0 Å². The van der Waals surface area contributed by atoms with Crippen LogP contribution >= 0.6 is 22.9 Å². The first-order valence-corrected chi connectivity index (χ1v) is 7.58. The molecule has 0 aliphatic heterocycles. The molecular formula is C13H14ClN3S. The van der Waals surface area contributed by atoms with Crippen LogP contribution in [0.3, 0.4) is 0 Å². The standard InChI is InChI=1S/C13H14ClN3S/c1-7(2)12-3-13(4-12,5-12)9-8-10(18-6-15-8)17-11(14)16-9/h6-7H,3-5H2,1-2H3. The van der Waals surface area contributed by atoms with Crippen molar-refractivity contribution in [3.8, 4) is 0 Å². The quantitative estimate of drug-likeness (QED) is 0.785. The first-order chi connectivity index (χ1) is 8.55. The van der Waals surface area contributed by atoms with Crippen LogP contribution in [0.5, 0.6) is 0 Å². The van der Waals surface area contributed by atoms with Crippen LogP contribution in [0.25, 0.3) is 10.3 Å². The van der Waals surface area contributed by atoms with Crippen LogP contribution in [-0.2, 0) is 5.41 Å². The molecule has 2 bridgehead atoms. The Hall–Kier alpha value is -0.740. The molecule has 5 heteroatoms. The first-order valence-electron chi connectivity index (χ1n) is 6.32. The zero-order chi connectivity index (χ0) is 12.5. The molecule has 3 saturated carbocycles. The summed E-state index contributed by atoms with van der Waals surface area (Å²) >= 11 is 7.58. The predicted octanol–water partition coefficient (Wildman–Crippen LogP) is 3.82. The lowest BCUT2D eigenvalue weighted by Gasteiger charge is -2.72. The van der Waals surface area contributed by atoms with Crippen LogP contribution in [-0.4, -0.2) is 15.0 Å². The summed E-state index contributed by atoms with van der Waals surface area (Å²) in [6.07, 6.45) is 3.74. The van der Waals surface area contributed by atoms with Crippen molar-refractivity contribution in [2.24, 2.45) is 11.3 Å². The average molecular weight is 280 g/mol. The molecule has 0 unspecified atom stereocenters. The van der Waals surface area contributed by atoms with Gasteiger partial charge in [-0.05, 0) is 42.2 Å². The van der Waals surface area contributed by atoms with Crippen LogP contribution in [0.15, 0.2) is 5.51 Å². The third-order valence-corrected chi connectivity index (χ3v) is 5.86. The summed E-state index contributed by atoms with van der Waals surface area (Å²) in [6, 6.07) is 0. The van der Waals surface area contributed by atoms with E-state index in [2.05, 4.69) is 28.8 Å². The van der Waals surface area contributed by atoms with Crippen LogP contribution in [0, 0.1) is 11.3 Å². The van der Waals surface area contributed by atoms with E-state index in [9.17, 15) is 0 Å². The zero-order valence-electron chi connectivity index (χ0n) is 10.4. The second kappa shape index (κ2) is 3.23. The molecule has 18 heavy (non-hydrogen) atoms. The first kappa shape index (κ1) is 11.1. The summed E-state index contributed by atoms with van der Waals surface area (Å²) in [6.45, 7) is 4.66. The Morgan fingerprint density at radius 3 is 2.67 bits per heavy atom. The lowest BCUT2D eigenvalue weighted by Crippen LogP contribution is -2.67. The van der Waals surface area contributed by atoms with Crippen molar-refractivity contribution < 1.29 is 0 Å². The molecule has 0 amide bonds. The van der Waals surface area contributed by atoms with Crippen molar-refractivity contribution in [1.82, 2.24) is 15.0 Å². The highest BCUT2D eigenvalue weighted by molar-refractivity contribution is 7.16. The minimum atomic E-state index is 0.253. The highest BCUT2D eigenvalue weighted by Crippen LogP contribution is 2.76. The maximum Gasteiger partial charge on any atom is 0.224 e. The van der Waals surface area contributed by atoms with E-state index in [1.165, 1.54) is 19.3 Å². The van der Waals surface area contributed by atoms with Gasteiger partial charge in [-0.15, -0.1) is 11.3 Å². The smallest absolute Gasteiger partial charge is 0.224 e.